The molecule has 1 heterocycles. The van der Waals surface area contributed by atoms with Gasteiger partial charge in [-0.3, -0.25) is 4.90 Å². The standard InChI is InChI=1S/C12H24N2/c1-5-11-9-14(8-10(3)4)12(6-2)7-13-11/h11-13H,3,5-9H2,1-2,4H3. The summed E-state index contributed by atoms with van der Waals surface area (Å²) in [6.45, 7) is 14.0. The molecule has 0 bridgehead atoms. The zero-order valence-corrected chi connectivity index (χ0v) is 9.84. The highest BCUT2D eigenvalue weighted by Gasteiger charge is 2.25. The average molecular weight is 196 g/mol. The number of nitrogens with zero attached hydrogens (tertiary/aromatic N) is 1. The van der Waals surface area contributed by atoms with Crippen molar-refractivity contribution in [3.05, 3.63) is 12.2 Å². The SMILES string of the molecule is C=C(C)CN1CC(CC)NCC1CC. The molecule has 1 aliphatic heterocycles. The topological polar surface area (TPSA) is 15.3 Å². The largest absolute Gasteiger partial charge is 0.311 e. The molecule has 0 saturated carbocycles. The van der Waals surface area contributed by atoms with Crippen LogP contribution in [0.4, 0.5) is 0 Å². The Morgan fingerprint density at radius 2 is 2.14 bits per heavy atom. The van der Waals surface area contributed by atoms with Gasteiger partial charge in [0.15, 0.2) is 0 Å². The van der Waals surface area contributed by atoms with Crippen molar-refractivity contribution in [2.75, 3.05) is 19.6 Å². The smallest absolute Gasteiger partial charge is 0.0222 e. The van der Waals surface area contributed by atoms with Crippen LogP contribution in [0.1, 0.15) is 33.6 Å². The molecule has 2 atom stereocenters. The quantitative estimate of drug-likeness (QED) is 0.692. The second-order valence-corrected chi connectivity index (χ2v) is 4.46. The highest BCUT2D eigenvalue weighted by atomic mass is 15.2. The molecule has 0 aliphatic carbocycles. The Morgan fingerprint density at radius 3 is 2.64 bits per heavy atom. The predicted molar refractivity (Wildman–Crippen MR) is 62.5 cm³/mol. The zero-order valence-electron chi connectivity index (χ0n) is 9.84. The summed E-state index contributed by atoms with van der Waals surface area (Å²) in [6, 6.07) is 1.38. The summed E-state index contributed by atoms with van der Waals surface area (Å²) >= 11 is 0. The molecule has 0 aromatic rings. The maximum atomic E-state index is 4.01. The maximum Gasteiger partial charge on any atom is 0.0222 e. The first kappa shape index (κ1) is 11.7. The minimum absolute atomic E-state index is 0.678. The van der Waals surface area contributed by atoms with Gasteiger partial charge in [0.1, 0.15) is 0 Å². The van der Waals surface area contributed by atoms with Gasteiger partial charge in [0.25, 0.3) is 0 Å². The van der Waals surface area contributed by atoms with Crippen LogP contribution in [0.25, 0.3) is 0 Å². The Hall–Kier alpha value is -0.340. The third-order valence-corrected chi connectivity index (χ3v) is 3.05. The molecular formula is C12H24N2. The molecule has 1 N–H and O–H groups in total. The molecule has 2 nitrogen and oxygen atoms in total. The minimum atomic E-state index is 0.678. The first-order chi connectivity index (χ1) is 6.67. The van der Waals surface area contributed by atoms with Gasteiger partial charge in [-0.25, -0.2) is 0 Å². The normalized spacial score (nSPS) is 29.1. The molecule has 14 heavy (non-hydrogen) atoms. The van der Waals surface area contributed by atoms with Crippen molar-refractivity contribution in [2.24, 2.45) is 0 Å². The highest BCUT2D eigenvalue weighted by molar-refractivity contribution is 4.96. The van der Waals surface area contributed by atoms with Gasteiger partial charge >= 0.3 is 0 Å². The van der Waals surface area contributed by atoms with Gasteiger partial charge in [0.2, 0.25) is 0 Å². The van der Waals surface area contributed by atoms with Crippen LogP contribution in [-0.2, 0) is 0 Å². The van der Waals surface area contributed by atoms with Crippen molar-refractivity contribution in [3.63, 3.8) is 0 Å². The number of hydrogen-bond acceptors (Lipinski definition) is 2. The van der Waals surface area contributed by atoms with Crippen molar-refractivity contribution >= 4 is 0 Å². The van der Waals surface area contributed by atoms with Gasteiger partial charge in [0, 0.05) is 31.7 Å². The van der Waals surface area contributed by atoms with Crippen molar-refractivity contribution in [3.8, 4) is 0 Å². The third-order valence-electron chi connectivity index (χ3n) is 3.05. The summed E-state index contributed by atoms with van der Waals surface area (Å²) in [5.74, 6) is 0. The predicted octanol–water partition coefficient (Wildman–Crippen LogP) is 2.02. The fourth-order valence-electron chi connectivity index (χ4n) is 2.14. The van der Waals surface area contributed by atoms with Crippen molar-refractivity contribution in [2.45, 2.75) is 45.7 Å². The lowest BCUT2D eigenvalue weighted by Crippen LogP contribution is -2.56. The lowest BCUT2D eigenvalue weighted by Gasteiger charge is -2.40. The second kappa shape index (κ2) is 5.52. The second-order valence-electron chi connectivity index (χ2n) is 4.46. The average Bonchev–Trinajstić information content (AvgIpc) is 2.16. The van der Waals surface area contributed by atoms with Crippen LogP contribution >= 0.6 is 0 Å². The van der Waals surface area contributed by atoms with E-state index in [1.54, 1.807) is 0 Å². The van der Waals surface area contributed by atoms with Crippen LogP contribution in [0.2, 0.25) is 0 Å². The molecule has 1 rings (SSSR count). The summed E-state index contributed by atoms with van der Waals surface area (Å²) in [5.41, 5.74) is 1.28. The molecule has 0 spiro atoms. The Bertz CT molecular complexity index is 189. The summed E-state index contributed by atoms with van der Waals surface area (Å²) in [7, 11) is 0. The van der Waals surface area contributed by atoms with Gasteiger partial charge < -0.3 is 5.32 Å². The van der Waals surface area contributed by atoms with Crippen LogP contribution in [0.3, 0.4) is 0 Å². The molecule has 0 amide bonds. The summed E-state index contributed by atoms with van der Waals surface area (Å²) < 4.78 is 0. The van der Waals surface area contributed by atoms with E-state index in [1.165, 1.54) is 25.0 Å². The molecule has 0 radical (unpaired) electrons. The van der Waals surface area contributed by atoms with E-state index < -0.39 is 0 Å². The van der Waals surface area contributed by atoms with Crippen LogP contribution in [0, 0.1) is 0 Å². The molecule has 1 aliphatic rings. The lowest BCUT2D eigenvalue weighted by atomic mass is 10.0. The summed E-state index contributed by atoms with van der Waals surface area (Å²) in [5, 5.41) is 3.60. The van der Waals surface area contributed by atoms with E-state index in [-0.39, 0.29) is 0 Å². The van der Waals surface area contributed by atoms with Gasteiger partial charge in [0.05, 0.1) is 0 Å². The maximum absolute atomic E-state index is 4.01. The van der Waals surface area contributed by atoms with Crippen molar-refractivity contribution in [1.29, 1.82) is 0 Å². The van der Waals surface area contributed by atoms with Crippen LogP contribution in [-0.4, -0.2) is 36.6 Å². The van der Waals surface area contributed by atoms with Crippen LogP contribution in [0.5, 0.6) is 0 Å². The Balaban J connectivity index is 2.51. The fraction of sp³-hybridized carbons (Fsp3) is 0.833. The molecule has 0 aromatic carbocycles. The first-order valence-electron chi connectivity index (χ1n) is 5.79. The molecule has 2 heteroatoms. The minimum Gasteiger partial charge on any atom is -0.311 e. The fourth-order valence-corrected chi connectivity index (χ4v) is 2.14. The third kappa shape index (κ3) is 3.10. The summed E-state index contributed by atoms with van der Waals surface area (Å²) in [4.78, 5) is 2.58. The van der Waals surface area contributed by atoms with E-state index in [0.717, 1.165) is 13.1 Å². The Kier molecular flexibility index (Phi) is 4.63. The van der Waals surface area contributed by atoms with Crippen LogP contribution in [0.15, 0.2) is 12.2 Å². The van der Waals surface area contributed by atoms with Crippen molar-refractivity contribution < 1.29 is 0 Å². The lowest BCUT2D eigenvalue weighted by molar-refractivity contribution is 0.136. The first-order valence-corrected chi connectivity index (χ1v) is 5.79. The molecule has 1 saturated heterocycles. The summed E-state index contributed by atoms with van der Waals surface area (Å²) in [6.07, 6.45) is 2.46. The van der Waals surface area contributed by atoms with Gasteiger partial charge in [-0.1, -0.05) is 26.0 Å². The highest BCUT2D eigenvalue weighted by Crippen LogP contribution is 2.13. The van der Waals surface area contributed by atoms with Gasteiger partial charge in [-0.05, 0) is 19.8 Å². The zero-order chi connectivity index (χ0) is 10.6. The van der Waals surface area contributed by atoms with E-state index in [1.807, 2.05) is 0 Å². The molecule has 1 fully saturated rings. The Morgan fingerprint density at radius 1 is 1.43 bits per heavy atom. The number of nitrogens with one attached hydrogen (secondary N) is 1. The number of piperazine rings is 1. The van der Waals surface area contributed by atoms with Gasteiger partial charge in [-0.15, -0.1) is 0 Å². The van der Waals surface area contributed by atoms with E-state index in [2.05, 4.69) is 37.6 Å². The van der Waals surface area contributed by atoms with Gasteiger partial charge in [-0.2, -0.15) is 0 Å². The van der Waals surface area contributed by atoms with Crippen LogP contribution < -0.4 is 5.32 Å². The van der Waals surface area contributed by atoms with E-state index in [0.29, 0.717) is 12.1 Å². The number of rotatable bonds is 4. The number of hydrogen-bond donors (Lipinski definition) is 1. The molecule has 0 aromatic heterocycles. The molecule has 82 valence electrons. The van der Waals surface area contributed by atoms with E-state index in [9.17, 15) is 0 Å². The van der Waals surface area contributed by atoms with E-state index >= 15 is 0 Å². The van der Waals surface area contributed by atoms with Crippen molar-refractivity contribution in [1.82, 2.24) is 10.2 Å². The molecular weight excluding hydrogens is 172 g/mol. The monoisotopic (exact) mass is 196 g/mol. The Labute approximate surface area is 88.4 Å². The molecule has 2 unspecified atom stereocenters. The van der Waals surface area contributed by atoms with E-state index in [4.69, 9.17) is 0 Å².